The first-order chi connectivity index (χ1) is 9.24. The Balaban J connectivity index is 2.96. The maximum absolute atomic E-state index is 13.4. The molecule has 112 valence electrons. The zero-order valence-electron chi connectivity index (χ0n) is 10.4. The van der Waals surface area contributed by atoms with Gasteiger partial charge in [-0.05, 0) is 40.5 Å². The highest BCUT2D eigenvalue weighted by atomic mass is 79.9. The molecule has 1 rings (SSSR count). The minimum absolute atomic E-state index is 0.0159. The van der Waals surface area contributed by atoms with E-state index >= 15 is 0 Å². The number of alkyl halides is 3. The molecule has 1 unspecified atom stereocenters. The van der Waals surface area contributed by atoms with Crippen LogP contribution in [-0.4, -0.2) is 25.3 Å². The van der Waals surface area contributed by atoms with Crippen LogP contribution in [0.2, 0.25) is 0 Å². The molecule has 0 aliphatic heterocycles. The van der Waals surface area contributed by atoms with Crippen LogP contribution in [-0.2, 0) is 9.53 Å². The van der Waals surface area contributed by atoms with Crippen LogP contribution in [0.25, 0.3) is 0 Å². The smallest absolute Gasteiger partial charge is 0.401 e. The fourth-order valence-corrected chi connectivity index (χ4v) is 1.72. The van der Waals surface area contributed by atoms with Crippen LogP contribution in [0.3, 0.4) is 0 Å². The van der Waals surface area contributed by atoms with E-state index in [1.165, 1.54) is 19.1 Å². The van der Waals surface area contributed by atoms with E-state index < -0.39 is 30.5 Å². The molecule has 0 saturated heterocycles. The summed E-state index contributed by atoms with van der Waals surface area (Å²) < 4.78 is 54.9. The van der Waals surface area contributed by atoms with Crippen molar-refractivity contribution in [1.29, 1.82) is 0 Å². The number of nitrogens with one attached hydrogen (secondary N) is 1. The monoisotopic (exact) mass is 357 g/mol. The average molecular weight is 358 g/mol. The Hall–Kier alpha value is -1.15. The van der Waals surface area contributed by atoms with Crippen molar-refractivity contribution in [3.63, 3.8) is 0 Å². The fraction of sp³-hybridized carbons (Fsp3) is 0.417. The molecule has 0 spiro atoms. The lowest BCUT2D eigenvalue weighted by atomic mass is 10.1. The van der Waals surface area contributed by atoms with Crippen molar-refractivity contribution in [1.82, 2.24) is 5.32 Å². The number of esters is 1. The van der Waals surface area contributed by atoms with Gasteiger partial charge in [-0.25, -0.2) is 9.18 Å². The molecule has 0 aliphatic carbocycles. The summed E-state index contributed by atoms with van der Waals surface area (Å²) in [5.41, 5.74) is 0.0633. The minimum atomic E-state index is -4.49. The molecule has 8 heteroatoms. The molecule has 0 bridgehead atoms. The zero-order chi connectivity index (χ0) is 15.3. The molecule has 0 aliphatic rings. The Morgan fingerprint density at radius 2 is 2.10 bits per heavy atom. The summed E-state index contributed by atoms with van der Waals surface area (Å²) in [6.45, 7) is 0.164. The number of hydrogen-bond donors (Lipinski definition) is 1. The molecule has 3 nitrogen and oxygen atoms in total. The van der Waals surface area contributed by atoms with Gasteiger partial charge in [-0.1, -0.05) is 6.07 Å². The number of halogens is 5. The maximum Gasteiger partial charge on any atom is 0.401 e. The van der Waals surface area contributed by atoms with Gasteiger partial charge in [0.1, 0.15) is 11.9 Å². The molecule has 20 heavy (non-hydrogen) atoms. The Bertz CT molecular complexity index is 479. The van der Waals surface area contributed by atoms with E-state index in [1.54, 1.807) is 0 Å². The van der Waals surface area contributed by atoms with Crippen molar-refractivity contribution in [3.05, 3.63) is 34.1 Å². The highest BCUT2D eigenvalue weighted by Crippen LogP contribution is 2.23. The van der Waals surface area contributed by atoms with E-state index in [9.17, 15) is 22.4 Å². The number of carbonyl (C=O) groups is 1. The van der Waals surface area contributed by atoms with Gasteiger partial charge >= 0.3 is 12.1 Å². The molecule has 1 atom stereocenters. The molecule has 1 aromatic carbocycles. The summed E-state index contributed by atoms with van der Waals surface area (Å²) in [6.07, 6.45) is -4.49. The highest BCUT2D eigenvalue weighted by Gasteiger charge is 2.31. The van der Waals surface area contributed by atoms with Crippen molar-refractivity contribution in [2.24, 2.45) is 0 Å². The van der Waals surface area contributed by atoms with Crippen LogP contribution in [0, 0.1) is 5.82 Å². The summed E-state index contributed by atoms with van der Waals surface area (Å²) in [5.74, 6) is -1.57. The normalized spacial score (nSPS) is 13.1. The van der Waals surface area contributed by atoms with Gasteiger partial charge in [-0.2, -0.15) is 13.2 Å². The van der Waals surface area contributed by atoms with Crippen molar-refractivity contribution in [3.8, 4) is 0 Å². The first kappa shape index (κ1) is 16.9. The Kier molecular flexibility index (Phi) is 5.94. The zero-order valence-corrected chi connectivity index (χ0v) is 12.0. The quantitative estimate of drug-likeness (QED) is 0.648. The summed E-state index contributed by atoms with van der Waals surface area (Å²) in [5, 5.41) is 2.03. The summed E-state index contributed by atoms with van der Waals surface area (Å²) in [4.78, 5) is 11.7. The van der Waals surface area contributed by atoms with Crippen molar-refractivity contribution in [2.75, 3.05) is 13.2 Å². The summed E-state index contributed by atoms with van der Waals surface area (Å²) in [6, 6.07) is 2.26. The van der Waals surface area contributed by atoms with E-state index in [-0.39, 0.29) is 16.6 Å². The molecule has 0 heterocycles. The largest absolute Gasteiger partial charge is 0.465 e. The lowest BCUT2D eigenvalue weighted by Crippen LogP contribution is -2.37. The van der Waals surface area contributed by atoms with Gasteiger partial charge in [0.05, 0.1) is 17.6 Å². The van der Waals surface area contributed by atoms with Crippen LogP contribution in [0.1, 0.15) is 18.5 Å². The van der Waals surface area contributed by atoms with Crippen molar-refractivity contribution in [2.45, 2.75) is 19.1 Å². The number of hydrogen-bond acceptors (Lipinski definition) is 3. The summed E-state index contributed by atoms with van der Waals surface area (Å²) >= 11 is 2.93. The predicted molar refractivity (Wildman–Crippen MR) is 67.5 cm³/mol. The summed E-state index contributed by atoms with van der Waals surface area (Å²) in [7, 11) is 0. The molecular formula is C12H12BrF4NO2. The molecule has 0 saturated carbocycles. The highest BCUT2D eigenvalue weighted by molar-refractivity contribution is 9.10. The number of ether oxygens (including phenoxy) is 1. The lowest BCUT2D eigenvalue weighted by molar-refractivity contribution is -0.149. The standard InChI is InChI=1S/C12H12BrF4NO2/c1-2-20-11(19)10(18-6-12(15,16)17)7-3-4-8(13)9(14)5-7/h3-5,10,18H,2,6H2,1H3. The van der Waals surface area contributed by atoms with Gasteiger partial charge in [0.2, 0.25) is 0 Å². The van der Waals surface area contributed by atoms with E-state index in [2.05, 4.69) is 15.9 Å². The molecule has 0 amide bonds. The van der Waals surface area contributed by atoms with E-state index in [4.69, 9.17) is 4.74 Å². The van der Waals surface area contributed by atoms with Crippen molar-refractivity contribution < 1.29 is 27.1 Å². The third-order valence-corrected chi connectivity index (χ3v) is 2.95. The van der Waals surface area contributed by atoms with Gasteiger partial charge in [0, 0.05) is 0 Å². The predicted octanol–water partition coefficient (Wildman–Crippen LogP) is 3.34. The lowest BCUT2D eigenvalue weighted by Gasteiger charge is -2.19. The topological polar surface area (TPSA) is 38.3 Å². The molecule has 1 aromatic rings. The Labute approximate surface area is 121 Å². The van der Waals surface area contributed by atoms with Crippen LogP contribution in [0.5, 0.6) is 0 Å². The molecule has 0 aromatic heterocycles. The third-order valence-electron chi connectivity index (χ3n) is 2.31. The van der Waals surface area contributed by atoms with Crippen LogP contribution in [0.15, 0.2) is 22.7 Å². The third kappa shape index (κ3) is 5.09. The second kappa shape index (κ2) is 7.03. The van der Waals surface area contributed by atoms with Crippen molar-refractivity contribution >= 4 is 21.9 Å². The van der Waals surface area contributed by atoms with E-state index in [1.807, 2.05) is 5.32 Å². The Morgan fingerprint density at radius 1 is 1.45 bits per heavy atom. The first-order valence-electron chi connectivity index (χ1n) is 5.66. The fourth-order valence-electron chi connectivity index (χ4n) is 1.47. The van der Waals surface area contributed by atoms with Crippen LogP contribution >= 0.6 is 15.9 Å². The molecule has 0 fully saturated rings. The van der Waals surface area contributed by atoms with Gasteiger partial charge < -0.3 is 4.74 Å². The van der Waals surface area contributed by atoms with Gasteiger partial charge in [0.25, 0.3) is 0 Å². The first-order valence-corrected chi connectivity index (χ1v) is 6.45. The van der Waals surface area contributed by atoms with Gasteiger partial charge in [-0.15, -0.1) is 0 Å². The molecular weight excluding hydrogens is 346 g/mol. The second-order valence-corrected chi connectivity index (χ2v) is 4.71. The Morgan fingerprint density at radius 3 is 2.60 bits per heavy atom. The SMILES string of the molecule is CCOC(=O)C(NCC(F)(F)F)c1ccc(Br)c(F)c1. The average Bonchev–Trinajstić information content (AvgIpc) is 2.32. The van der Waals surface area contributed by atoms with Crippen LogP contribution < -0.4 is 5.32 Å². The number of carbonyl (C=O) groups excluding carboxylic acids is 1. The van der Waals surface area contributed by atoms with E-state index in [0.717, 1.165) is 6.07 Å². The number of rotatable bonds is 5. The van der Waals surface area contributed by atoms with E-state index in [0.29, 0.717) is 0 Å². The van der Waals surface area contributed by atoms with Gasteiger partial charge in [0.15, 0.2) is 0 Å². The minimum Gasteiger partial charge on any atom is -0.465 e. The second-order valence-electron chi connectivity index (χ2n) is 3.85. The molecule has 1 N–H and O–H groups in total. The maximum atomic E-state index is 13.4. The van der Waals surface area contributed by atoms with Crippen LogP contribution in [0.4, 0.5) is 17.6 Å². The number of benzene rings is 1. The molecule has 0 radical (unpaired) electrons. The van der Waals surface area contributed by atoms with Gasteiger partial charge in [-0.3, -0.25) is 5.32 Å².